The fraction of sp³-hybridized carbons (Fsp3) is 0.217. The number of carboxylic acid groups (broad SMARTS) is 1. The second kappa shape index (κ2) is 9.86. The predicted molar refractivity (Wildman–Crippen MR) is 121 cm³/mol. The molecule has 33 heavy (non-hydrogen) atoms. The standard InChI is InChI=1S/C23H20ClFN2O5S/c24-18-11-14(7-9-19(18)25)20-10-8-15(12-26-20)27(33(30)31)21-5-1-4-17-16(21)3-2-6-22(17)32-13-23(28)29/h2-3,6-12,21H,1,4-5,13H2,(H,28,29)(H,30,31)/p-1. The second-order valence-electron chi connectivity index (χ2n) is 7.49. The molecule has 0 spiro atoms. The molecule has 2 unspecified atom stereocenters. The Morgan fingerprint density at radius 1 is 1.30 bits per heavy atom. The van der Waals surface area contributed by atoms with E-state index >= 15 is 0 Å². The summed E-state index contributed by atoms with van der Waals surface area (Å²) in [7, 11) is 0. The lowest BCUT2D eigenvalue weighted by atomic mass is 9.87. The van der Waals surface area contributed by atoms with Crippen LogP contribution in [0.4, 0.5) is 10.1 Å². The molecule has 1 aliphatic carbocycles. The van der Waals surface area contributed by atoms with Gasteiger partial charge < -0.3 is 14.4 Å². The number of halogens is 2. The van der Waals surface area contributed by atoms with Gasteiger partial charge in [0.1, 0.15) is 11.6 Å². The summed E-state index contributed by atoms with van der Waals surface area (Å²) in [6, 6.07) is 12.3. The first kappa shape index (κ1) is 23.2. The zero-order valence-electron chi connectivity index (χ0n) is 17.2. The van der Waals surface area contributed by atoms with Crippen LogP contribution < -0.4 is 9.04 Å². The van der Waals surface area contributed by atoms with Crippen molar-refractivity contribution in [3.63, 3.8) is 0 Å². The van der Waals surface area contributed by atoms with E-state index in [4.69, 9.17) is 21.4 Å². The van der Waals surface area contributed by atoms with Gasteiger partial charge in [-0.1, -0.05) is 23.7 Å². The maximum absolute atomic E-state index is 13.5. The minimum atomic E-state index is -2.60. The van der Waals surface area contributed by atoms with Crippen molar-refractivity contribution in [3.8, 4) is 17.0 Å². The molecule has 1 aliphatic rings. The van der Waals surface area contributed by atoms with Crippen LogP contribution in [0, 0.1) is 5.82 Å². The Balaban J connectivity index is 1.66. The number of aliphatic carboxylic acids is 1. The molecule has 4 rings (SSSR count). The van der Waals surface area contributed by atoms with Crippen LogP contribution in [0.25, 0.3) is 11.3 Å². The van der Waals surface area contributed by atoms with Gasteiger partial charge in [-0.3, -0.25) is 13.5 Å². The highest BCUT2D eigenvalue weighted by Crippen LogP contribution is 2.41. The molecule has 3 aromatic rings. The van der Waals surface area contributed by atoms with Crippen LogP contribution in [-0.2, 0) is 22.5 Å². The first-order valence-electron chi connectivity index (χ1n) is 10.1. The van der Waals surface area contributed by atoms with Crippen molar-refractivity contribution in [1.82, 2.24) is 4.98 Å². The highest BCUT2D eigenvalue weighted by Gasteiger charge is 2.29. The SMILES string of the molecule is O=C(O)COc1cccc2c1CCCC2N(c1ccc(-c2ccc(F)c(Cl)c2)nc1)S(=O)[O-]. The summed E-state index contributed by atoms with van der Waals surface area (Å²) in [5.74, 6) is -1.18. The third kappa shape index (κ3) is 5.00. The third-order valence-electron chi connectivity index (χ3n) is 5.45. The van der Waals surface area contributed by atoms with Crippen molar-refractivity contribution in [3.05, 3.63) is 76.7 Å². The van der Waals surface area contributed by atoms with Crippen LogP contribution >= 0.6 is 11.6 Å². The average Bonchev–Trinajstić information content (AvgIpc) is 2.80. The number of hydrogen-bond acceptors (Lipinski definition) is 5. The van der Waals surface area contributed by atoms with E-state index in [2.05, 4.69) is 4.98 Å². The monoisotopic (exact) mass is 489 g/mol. The molecule has 172 valence electrons. The Hall–Kier alpha value is -3.01. The Labute approximate surface area is 197 Å². The lowest BCUT2D eigenvalue weighted by molar-refractivity contribution is -0.139. The average molecular weight is 490 g/mol. The largest absolute Gasteiger partial charge is 0.755 e. The zero-order valence-corrected chi connectivity index (χ0v) is 18.8. The molecular weight excluding hydrogens is 471 g/mol. The van der Waals surface area contributed by atoms with E-state index in [1.165, 1.54) is 22.6 Å². The molecule has 2 atom stereocenters. The summed E-state index contributed by atoms with van der Waals surface area (Å²) in [6.45, 7) is -0.475. The molecule has 0 saturated heterocycles. The number of ether oxygens (including phenoxy) is 1. The summed E-state index contributed by atoms with van der Waals surface area (Å²) in [5, 5.41) is 8.90. The van der Waals surface area contributed by atoms with Crippen molar-refractivity contribution in [2.75, 3.05) is 10.9 Å². The minimum Gasteiger partial charge on any atom is -0.755 e. The molecular formula is C23H19ClFN2O5S-. The normalized spacial score (nSPS) is 16.0. The Bertz CT molecular complexity index is 1210. The zero-order chi connectivity index (χ0) is 23.5. The van der Waals surface area contributed by atoms with Crippen molar-refractivity contribution in [2.24, 2.45) is 0 Å². The number of rotatable bonds is 7. The minimum absolute atomic E-state index is 0.0274. The molecule has 1 aromatic heterocycles. The van der Waals surface area contributed by atoms with Gasteiger partial charge in [0.05, 0.1) is 28.6 Å². The summed E-state index contributed by atoms with van der Waals surface area (Å²) < 4.78 is 44.7. The first-order chi connectivity index (χ1) is 15.8. The van der Waals surface area contributed by atoms with Gasteiger partial charge >= 0.3 is 5.97 Å². The van der Waals surface area contributed by atoms with Gasteiger partial charge in [0.2, 0.25) is 0 Å². The molecule has 0 bridgehead atoms. The van der Waals surface area contributed by atoms with Crippen LogP contribution in [0.5, 0.6) is 5.75 Å². The molecule has 0 radical (unpaired) electrons. The fourth-order valence-electron chi connectivity index (χ4n) is 4.02. The maximum atomic E-state index is 13.5. The summed E-state index contributed by atoms with van der Waals surface area (Å²) in [5.41, 5.74) is 3.06. The van der Waals surface area contributed by atoms with Crippen LogP contribution in [0.2, 0.25) is 5.02 Å². The van der Waals surface area contributed by atoms with Crippen molar-refractivity contribution in [2.45, 2.75) is 25.3 Å². The molecule has 0 amide bonds. The van der Waals surface area contributed by atoms with E-state index in [1.54, 1.807) is 30.3 Å². The van der Waals surface area contributed by atoms with E-state index in [1.807, 2.05) is 6.07 Å². The molecule has 1 N–H and O–H groups in total. The second-order valence-corrected chi connectivity index (χ2v) is 8.72. The van der Waals surface area contributed by atoms with Gasteiger partial charge in [-0.25, -0.2) is 9.18 Å². The predicted octanol–water partition coefficient (Wildman–Crippen LogP) is 4.68. The Kier molecular flexibility index (Phi) is 6.92. The number of pyridine rings is 1. The smallest absolute Gasteiger partial charge is 0.341 e. The lowest BCUT2D eigenvalue weighted by Gasteiger charge is -2.38. The topological polar surface area (TPSA) is 103 Å². The van der Waals surface area contributed by atoms with E-state index in [0.717, 1.165) is 11.1 Å². The summed E-state index contributed by atoms with van der Waals surface area (Å²) in [6.07, 6.45) is 3.39. The number of nitrogens with zero attached hydrogens (tertiary/aromatic N) is 2. The maximum Gasteiger partial charge on any atom is 0.341 e. The van der Waals surface area contributed by atoms with E-state index < -0.39 is 35.7 Å². The van der Waals surface area contributed by atoms with Gasteiger partial charge in [-0.15, -0.1) is 0 Å². The molecule has 0 aliphatic heterocycles. The third-order valence-corrected chi connectivity index (χ3v) is 6.52. The fourth-order valence-corrected chi connectivity index (χ4v) is 4.91. The number of carbonyl (C=O) groups is 1. The summed E-state index contributed by atoms with van der Waals surface area (Å²) >= 11 is 3.26. The van der Waals surface area contributed by atoms with Crippen molar-refractivity contribution >= 4 is 34.5 Å². The lowest BCUT2D eigenvalue weighted by Crippen LogP contribution is -2.33. The van der Waals surface area contributed by atoms with Gasteiger partial charge in [-0.05, 0) is 66.8 Å². The van der Waals surface area contributed by atoms with Gasteiger partial charge in [0, 0.05) is 16.8 Å². The van der Waals surface area contributed by atoms with Crippen molar-refractivity contribution < 1.29 is 27.8 Å². The van der Waals surface area contributed by atoms with E-state index in [0.29, 0.717) is 42.0 Å². The number of fused-ring (bicyclic) bond motifs is 1. The van der Waals surface area contributed by atoms with Crippen LogP contribution in [-0.4, -0.2) is 31.4 Å². The van der Waals surface area contributed by atoms with Crippen molar-refractivity contribution in [1.29, 1.82) is 0 Å². The molecule has 0 fully saturated rings. The molecule has 7 nitrogen and oxygen atoms in total. The number of aromatic nitrogens is 1. The molecule has 10 heteroatoms. The van der Waals surface area contributed by atoms with Gasteiger partial charge in [-0.2, -0.15) is 0 Å². The van der Waals surface area contributed by atoms with Crippen LogP contribution in [0.1, 0.15) is 30.0 Å². The molecule has 2 aromatic carbocycles. The highest BCUT2D eigenvalue weighted by atomic mass is 35.5. The van der Waals surface area contributed by atoms with Crippen LogP contribution in [0.3, 0.4) is 0 Å². The summed E-state index contributed by atoms with van der Waals surface area (Å²) in [4.78, 5) is 15.3. The Morgan fingerprint density at radius 2 is 2.12 bits per heavy atom. The first-order valence-corrected chi connectivity index (χ1v) is 11.5. The number of benzene rings is 2. The van der Waals surface area contributed by atoms with E-state index in [9.17, 15) is 17.9 Å². The Morgan fingerprint density at radius 3 is 2.79 bits per heavy atom. The van der Waals surface area contributed by atoms with Crippen LogP contribution in [0.15, 0.2) is 54.7 Å². The van der Waals surface area contributed by atoms with Gasteiger partial charge in [0.15, 0.2) is 6.61 Å². The number of hydrogen-bond donors (Lipinski definition) is 1. The van der Waals surface area contributed by atoms with Gasteiger partial charge in [0.25, 0.3) is 0 Å². The molecule has 1 heterocycles. The number of anilines is 1. The van der Waals surface area contributed by atoms with E-state index in [-0.39, 0.29) is 5.02 Å². The quantitative estimate of drug-likeness (QED) is 0.483. The highest BCUT2D eigenvalue weighted by molar-refractivity contribution is 7.80. The molecule has 0 saturated carbocycles. The number of carboxylic acids is 1.